The van der Waals surface area contributed by atoms with Crippen molar-refractivity contribution >= 4 is 13.8 Å². The molecule has 0 fully saturated rings. The van der Waals surface area contributed by atoms with Crippen molar-refractivity contribution in [3.63, 3.8) is 0 Å². The number of carbonyl (C=O) groups excluding carboxylic acids is 1. The highest BCUT2D eigenvalue weighted by atomic mass is 31.2. The molecule has 66 valence electrons. The van der Waals surface area contributed by atoms with Crippen LogP contribution < -0.4 is 0 Å². The average molecular weight is 184 g/mol. The van der Waals surface area contributed by atoms with Crippen LogP contribution in [-0.2, 0) is 23.1 Å². The third kappa shape index (κ3) is 6.00. The predicted octanol–water partition coefficient (Wildman–Crippen LogP) is 0.270. The highest BCUT2D eigenvalue weighted by Gasteiger charge is 2.18. The van der Waals surface area contributed by atoms with E-state index in [-0.39, 0.29) is 0 Å². The molecule has 0 aromatic rings. The maximum atomic E-state index is 10.5. The summed E-state index contributed by atoms with van der Waals surface area (Å²) in [4.78, 5) is 18.7. The Labute approximate surface area is 63.7 Å². The fourth-order valence-electron chi connectivity index (χ4n) is 0.229. The van der Waals surface area contributed by atoms with Gasteiger partial charge in [-0.2, -0.15) is 0 Å². The summed E-state index contributed by atoms with van der Waals surface area (Å²) in [6.45, 7) is 0.565. The minimum absolute atomic E-state index is 0.586. The van der Waals surface area contributed by atoms with Gasteiger partial charge < -0.3 is 9.63 Å². The van der Waals surface area contributed by atoms with Crippen LogP contribution in [-0.4, -0.2) is 24.8 Å². The summed E-state index contributed by atoms with van der Waals surface area (Å²) in [7, 11) is -3.00. The lowest BCUT2D eigenvalue weighted by Crippen LogP contribution is -2.03. The molecular weight excluding hydrogens is 175 g/mol. The molecule has 0 rings (SSSR count). The number of phosphoric acid groups is 1. The van der Waals surface area contributed by atoms with Gasteiger partial charge in [0.2, 0.25) is 6.79 Å². The largest absolute Gasteiger partial charge is 0.474 e. The zero-order valence-corrected chi connectivity index (χ0v) is 7.04. The van der Waals surface area contributed by atoms with Crippen LogP contribution >= 0.6 is 7.82 Å². The molecule has 0 spiro atoms. The minimum atomic E-state index is -4.01. The summed E-state index contributed by atoms with van der Waals surface area (Å²) in [6.07, 6.45) is 0. The van der Waals surface area contributed by atoms with Crippen LogP contribution in [0.4, 0.5) is 0 Å². The lowest BCUT2D eigenvalue weighted by atomic mass is 10.8. The fourth-order valence-corrected chi connectivity index (χ4v) is 0.520. The summed E-state index contributed by atoms with van der Waals surface area (Å²) in [5.74, 6) is -0.596. The SMILES string of the molecule is COP(=O)(O)OCOC(C)=O. The zero-order chi connectivity index (χ0) is 8.91. The highest BCUT2D eigenvalue weighted by Crippen LogP contribution is 2.41. The van der Waals surface area contributed by atoms with E-state index in [2.05, 4.69) is 13.8 Å². The van der Waals surface area contributed by atoms with Crippen LogP contribution in [0, 0.1) is 0 Å². The molecule has 0 aliphatic carbocycles. The van der Waals surface area contributed by atoms with Crippen molar-refractivity contribution < 1.29 is 28.0 Å². The van der Waals surface area contributed by atoms with Crippen molar-refractivity contribution in [3.8, 4) is 0 Å². The van der Waals surface area contributed by atoms with Gasteiger partial charge in [0, 0.05) is 14.0 Å². The molecule has 0 aliphatic heterocycles. The first kappa shape index (κ1) is 10.6. The number of carbonyl (C=O) groups is 1. The van der Waals surface area contributed by atoms with Gasteiger partial charge in [0.25, 0.3) is 0 Å². The summed E-state index contributed by atoms with van der Waals surface area (Å²) < 4.78 is 22.8. The number of phosphoric ester groups is 1. The summed E-state index contributed by atoms with van der Waals surface area (Å²) in [5.41, 5.74) is 0. The van der Waals surface area contributed by atoms with Crippen molar-refractivity contribution in [2.75, 3.05) is 13.9 Å². The molecule has 0 heterocycles. The second-order valence-corrected chi connectivity index (χ2v) is 3.09. The van der Waals surface area contributed by atoms with Gasteiger partial charge in [0.15, 0.2) is 0 Å². The van der Waals surface area contributed by atoms with Crippen molar-refractivity contribution in [2.45, 2.75) is 6.92 Å². The third-order valence-electron chi connectivity index (χ3n) is 0.709. The van der Waals surface area contributed by atoms with E-state index in [1.807, 2.05) is 0 Å². The smallest absolute Gasteiger partial charge is 0.438 e. The summed E-state index contributed by atoms with van der Waals surface area (Å²) in [5, 5.41) is 0. The molecule has 7 heteroatoms. The Morgan fingerprint density at radius 1 is 1.64 bits per heavy atom. The average Bonchev–Trinajstić information content (AvgIpc) is 1.87. The second kappa shape index (κ2) is 4.46. The summed E-state index contributed by atoms with van der Waals surface area (Å²) in [6, 6.07) is 0. The molecular formula is C4H9O6P. The first-order chi connectivity index (χ1) is 4.98. The van der Waals surface area contributed by atoms with Crippen molar-refractivity contribution in [2.24, 2.45) is 0 Å². The minimum Gasteiger partial charge on any atom is -0.438 e. The predicted molar refractivity (Wildman–Crippen MR) is 34.6 cm³/mol. The first-order valence-corrected chi connectivity index (χ1v) is 4.14. The molecule has 6 nitrogen and oxygen atoms in total. The van der Waals surface area contributed by atoms with Gasteiger partial charge in [-0.25, -0.2) is 9.09 Å². The normalized spacial score (nSPS) is 15.5. The van der Waals surface area contributed by atoms with E-state index in [9.17, 15) is 9.36 Å². The van der Waals surface area contributed by atoms with Crippen LogP contribution in [0.5, 0.6) is 0 Å². The topological polar surface area (TPSA) is 82.1 Å². The maximum Gasteiger partial charge on any atom is 0.474 e. The summed E-state index contributed by atoms with van der Waals surface area (Å²) >= 11 is 0. The molecule has 0 saturated carbocycles. The van der Waals surface area contributed by atoms with E-state index in [1.54, 1.807) is 0 Å². The van der Waals surface area contributed by atoms with Gasteiger partial charge in [0.05, 0.1) is 0 Å². The van der Waals surface area contributed by atoms with Crippen LogP contribution in [0.25, 0.3) is 0 Å². The number of esters is 1. The number of hydrogen-bond donors (Lipinski definition) is 1. The van der Waals surface area contributed by atoms with E-state index in [1.165, 1.54) is 0 Å². The Kier molecular flexibility index (Phi) is 4.29. The van der Waals surface area contributed by atoms with Gasteiger partial charge in [-0.05, 0) is 0 Å². The van der Waals surface area contributed by atoms with Gasteiger partial charge in [-0.1, -0.05) is 0 Å². The third-order valence-corrected chi connectivity index (χ3v) is 1.60. The number of ether oxygens (including phenoxy) is 1. The Hall–Kier alpha value is -0.420. The molecule has 0 aromatic carbocycles. The van der Waals surface area contributed by atoms with Gasteiger partial charge in [-0.3, -0.25) is 9.32 Å². The molecule has 1 N–H and O–H groups in total. The molecule has 0 amide bonds. The van der Waals surface area contributed by atoms with Crippen LogP contribution in [0.3, 0.4) is 0 Å². The van der Waals surface area contributed by atoms with E-state index in [4.69, 9.17) is 4.89 Å². The number of rotatable bonds is 4. The van der Waals surface area contributed by atoms with Crippen LogP contribution in [0.15, 0.2) is 0 Å². The molecule has 0 radical (unpaired) electrons. The van der Waals surface area contributed by atoms with E-state index < -0.39 is 20.6 Å². The van der Waals surface area contributed by atoms with E-state index in [0.29, 0.717) is 0 Å². The molecule has 0 aliphatic rings. The first-order valence-electron chi connectivity index (χ1n) is 2.64. The Balaban J connectivity index is 3.54. The Morgan fingerprint density at radius 2 is 2.18 bits per heavy atom. The molecule has 0 aromatic heterocycles. The van der Waals surface area contributed by atoms with Gasteiger partial charge in [-0.15, -0.1) is 0 Å². The second-order valence-electron chi connectivity index (χ2n) is 1.53. The Morgan fingerprint density at radius 3 is 2.55 bits per heavy atom. The van der Waals surface area contributed by atoms with E-state index in [0.717, 1.165) is 14.0 Å². The van der Waals surface area contributed by atoms with Gasteiger partial charge >= 0.3 is 13.8 Å². The van der Waals surface area contributed by atoms with Gasteiger partial charge in [0.1, 0.15) is 0 Å². The molecule has 1 unspecified atom stereocenters. The van der Waals surface area contributed by atoms with Crippen molar-refractivity contribution in [3.05, 3.63) is 0 Å². The van der Waals surface area contributed by atoms with Crippen molar-refractivity contribution in [1.29, 1.82) is 0 Å². The monoisotopic (exact) mass is 184 g/mol. The Bertz CT molecular complexity index is 177. The lowest BCUT2D eigenvalue weighted by molar-refractivity contribution is -0.148. The molecule has 11 heavy (non-hydrogen) atoms. The molecule has 0 saturated heterocycles. The highest BCUT2D eigenvalue weighted by molar-refractivity contribution is 7.47. The quantitative estimate of drug-likeness (QED) is 0.383. The molecule has 1 atom stereocenters. The van der Waals surface area contributed by atoms with Crippen LogP contribution in [0.2, 0.25) is 0 Å². The fraction of sp³-hybridized carbons (Fsp3) is 0.750. The lowest BCUT2D eigenvalue weighted by Gasteiger charge is -2.07. The molecule has 0 bridgehead atoms. The zero-order valence-electron chi connectivity index (χ0n) is 6.14. The maximum absolute atomic E-state index is 10.5. The van der Waals surface area contributed by atoms with Crippen molar-refractivity contribution in [1.82, 2.24) is 0 Å². The standard InChI is InChI=1S/C4H9O6P/c1-4(5)9-3-10-11(6,7)8-2/h3H2,1-2H3,(H,6,7). The van der Waals surface area contributed by atoms with E-state index >= 15 is 0 Å². The van der Waals surface area contributed by atoms with Crippen LogP contribution in [0.1, 0.15) is 6.92 Å². The number of hydrogen-bond acceptors (Lipinski definition) is 5.